The molecule has 0 bridgehead atoms. The van der Waals surface area contributed by atoms with Crippen LogP contribution in [0.15, 0.2) is 21.7 Å². The van der Waals surface area contributed by atoms with Crippen molar-refractivity contribution in [3.63, 3.8) is 0 Å². The highest BCUT2D eigenvalue weighted by Gasteiger charge is 2.33. The van der Waals surface area contributed by atoms with Crippen molar-refractivity contribution in [2.45, 2.75) is 6.04 Å². The molecule has 1 aliphatic rings. The number of urea groups is 1. The van der Waals surface area contributed by atoms with Crippen LogP contribution in [0.3, 0.4) is 0 Å². The molecular weight excluding hydrogens is 356 g/mol. The summed E-state index contributed by atoms with van der Waals surface area (Å²) in [5.74, 6) is 1.29. The quantitative estimate of drug-likeness (QED) is 0.795. The maximum Gasteiger partial charge on any atom is 0.332 e. The molecular formula is C17H20N4O6. The third-order valence-corrected chi connectivity index (χ3v) is 4.52. The highest BCUT2D eigenvalue weighted by Crippen LogP contribution is 2.41. The Bertz CT molecular complexity index is 1010. The van der Waals surface area contributed by atoms with E-state index in [1.807, 2.05) is 0 Å². The Morgan fingerprint density at radius 2 is 1.52 bits per heavy atom. The van der Waals surface area contributed by atoms with Crippen molar-refractivity contribution in [3.05, 3.63) is 44.1 Å². The van der Waals surface area contributed by atoms with E-state index in [9.17, 15) is 14.4 Å². The van der Waals surface area contributed by atoms with E-state index in [1.165, 1.54) is 40.0 Å². The minimum atomic E-state index is -0.812. The van der Waals surface area contributed by atoms with Gasteiger partial charge >= 0.3 is 11.7 Å². The number of carbonyl (C=O) groups is 1. The van der Waals surface area contributed by atoms with E-state index >= 15 is 0 Å². The molecule has 3 rings (SSSR count). The topological polar surface area (TPSA) is 113 Å². The number of carbonyl (C=O) groups excluding carboxylic acids is 1. The van der Waals surface area contributed by atoms with Crippen LogP contribution < -0.4 is 36.1 Å². The lowest BCUT2D eigenvalue weighted by molar-refractivity contribution is 0.248. The Balaban J connectivity index is 2.31. The number of aromatic nitrogens is 2. The number of hydrogen-bond acceptors (Lipinski definition) is 6. The van der Waals surface area contributed by atoms with Crippen LogP contribution in [0.5, 0.6) is 17.2 Å². The van der Waals surface area contributed by atoms with Crippen molar-refractivity contribution in [2.75, 3.05) is 26.6 Å². The summed E-state index contributed by atoms with van der Waals surface area (Å²) in [6, 6.07) is 1.94. The van der Waals surface area contributed by atoms with Crippen LogP contribution in [0.2, 0.25) is 0 Å². The van der Waals surface area contributed by atoms with Crippen LogP contribution in [0.4, 0.5) is 10.6 Å². The predicted molar refractivity (Wildman–Crippen MR) is 97.0 cm³/mol. The average Bonchev–Trinajstić information content (AvgIpc) is 2.68. The van der Waals surface area contributed by atoms with Crippen molar-refractivity contribution in [2.24, 2.45) is 14.1 Å². The number of amides is 2. The molecule has 2 N–H and O–H groups in total. The molecule has 2 aromatic rings. The van der Waals surface area contributed by atoms with Crippen molar-refractivity contribution in [3.8, 4) is 17.2 Å². The second kappa shape index (κ2) is 6.71. The third-order valence-electron chi connectivity index (χ3n) is 4.52. The monoisotopic (exact) mass is 376 g/mol. The largest absolute Gasteiger partial charge is 0.493 e. The van der Waals surface area contributed by atoms with E-state index in [4.69, 9.17) is 14.2 Å². The van der Waals surface area contributed by atoms with Gasteiger partial charge in [0, 0.05) is 14.1 Å². The van der Waals surface area contributed by atoms with E-state index in [2.05, 4.69) is 10.6 Å². The number of methoxy groups -OCH3 is 3. The van der Waals surface area contributed by atoms with Gasteiger partial charge in [-0.25, -0.2) is 9.59 Å². The number of ether oxygens (including phenoxy) is 3. The van der Waals surface area contributed by atoms with Gasteiger partial charge in [-0.15, -0.1) is 0 Å². The number of nitrogens with zero attached hydrogens (tertiary/aromatic N) is 2. The molecule has 0 spiro atoms. The second-order valence-electron chi connectivity index (χ2n) is 5.96. The molecule has 10 heteroatoms. The summed E-state index contributed by atoms with van der Waals surface area (Å²) >= 11 is 0. The summed E-state index contributed by atoms with van der Waals surface area (Å²) in [7, 11) is 7.29. The Kier molecular flexibility index (Phi) is 4.56. The highest BCUT2D eigenvalue weighted by molar-refractivity contribution is 5.92. The molecule has 27 heavy (non-hydrogen) atoms. The summed E-state index contributed by atoms with van der Waals surface area (Å²) in [4.78, 5) is 37.1. The standard InChI is InChI=1S/C17H20N4O6/c1-20-14-11(15(22)21(2)17(20)24)12(18-16(23)19-14)8-6-9(25-3)13(27-5)10(7-8)26-4/h6-7,12H,1-5H3,(H2,18,19,23)/t12-/m0/s1. The van der Waals surface area contributed by atoms with Crippen LogP contribution in [-0.2, 0) is 14.1 Å². The molecule has 1 aromatic carbocycles. The van der Waals surface area contributed by atoms with Crippen molar-refractivity contribution in [1.82, 2.24) is 14.5 Å². The van der Waals surface area contributed by atoms with Gasteiger partial charge < -0.3 is 19.5 Å². The number of benzene rings is 1. The second-order valence-corrected chi connectivity index (χ2v) is 5.96. The first-order valence-corrected chi connectivity index (χ1v) is 8.01. The van der Waals surface area contributed by atoms with Gasteiger partial charge in [0.2, 0.25) is 5.75 Å². The zero-order valence-electron chi connectivity index (χ0n) is 15.6. The summed E-state index contributed by atoms with van der Waals surface area (Å²) in [6.45, 7) is 0. The van der Waals surface area contributed by atoms with Gasteiger partial charge in [-0.3, -0.25) is 19.2 Å². The smallest absolute Gasteiger partial charge is 0.332 e. The SMILES string of the molecule is COc1cc([C@@H]2NC(=O)Nc3c2c(=O)n(C)c(=O)n3C)cc(OC)c1OC. The van der Waals surface area contributed by atoms with Crippen LogP contribution in [0.1, 0.15) is 17.2 Å². The molecule has 144 valence electrons. The third kappa shape index (κ3) is 2.78. The molecule has 0 saturated carbocycles. The summed E-state index contributed by atoms with van der Waals surface area (Å²) in [5, 5.41) is 5.24. The van der Waals surface area contributed by atoms with Gasteiger partial charge in [-0.2, -0.15) is 0 Å². The van der Waals surface area contributed by atoms with Gasteiger partial charge in [0.05, 0.1) is 32.9 Å². The van der Waals surface area contributed by atoms with Crippen LogP contribution in [0, 0.1) is 0 Å². The Labute approximate surface area is 154 Å². The first kappa shape index (κ1) is 18.4. The fraction of sp³-hybridized carbons (Fsp3) is 0.353. The molecule has 1 aliphatic heterocycles. The normalized spacial score (nSPS) is 15.4. The van der Waals surface area contributed by atoms with Gasteiger partial charge in [-0.05, 0) is 17.7 Å². The van der Waals surface area contributed by atoms with Crippen LogP contribution in [0.25, 0.3) is 0 Å². The summed E-state index contributed by atoms with van der Waals surface area (Å²) in [5.41, 5.74) is -0.284. The minimum Gasteiger partial charge on any atom is -0.493 e. The van der Waals surface area contributed by atoms with Crippen molar-refractivity contribution in [1.29, 1.82) is 0 Å². The maximum atomic E-state index is 12.8. The van der Waals surface area contributed by atoms with Gasteiger partial charge in [-0.1, -0.05) is 0 Å². The van der Waals surface area contributed by atoms with Gasteiger partial charge in [0.25, 0.3) is 5.56 Å². The summed E-state index contributed by atoms with van der Waals surface area (Å²) in [6.07, 6.45) is 0. The minimum absolute atomic E-state index is 0.144. The van der Waals surface area contributed by atoms with Crippen molar-refractivity contribution >= 4 is 11.8 Å². The van der Waals surface area contributed by atoms with Crippen LogP contribution in [-0.4, -0.2) is 36.5 Å². The van der Waals surface area contributed by atoms with E-state index in [0.717, 1.165) is 4.57 Å². The van der Waals surface area contributed by atoms with E-state index < -0.39 is 23.3 Å². The molecule has 10 nitrogen and oxygen atoms in total. The molecule has 0 saturated heterocycles. The molecule has 0 unspecified atom stereocenters. The number of rotatable bonds is 4. The molecule has 1 aromatic heterocycles. The van der Waals surface area contributed by atoms with Crippen molar-refractivity contribution < 1.29 is 19.0 Å². The Morgan fingerprint density at radius 1 is 0.926 bits per heavy atom. The predicted octanol–water partition coefficient (Wildman–Crippen LogP) is 0.334. The lowest BCUT2D eigenvalue weighted by atomic mass is 9.97. The summed E-state index contributed by atoms with van der Waals surface area (Å²) < 4.78 is 18.2. The number of fused-ring (bicyclic) bond motifs is 1. The van der Waals surface area contributed by atoms with E-state index in [0.29, 0.717) is 22.8 Å². The first-order chi connectivity index (χ1) is 12.8. The molecule has 2 heterocycles. The van der Waals surface area contributed by atoms with Gasteiger partial charge in [0.1, 0.15) is 5.82 Å². The zero-order chi connectivity index (χ0) is 19.9. The molecule has 0 radical (unpaired) electrons. The molecule has 0 fully saturated rings. The fourth-order valence-corrected chi connectivity index (χ4v) is 3.15. The maximum absolute atomic E-state index is 12.8. The zero-order valence-corrected chi connectivity index (χ0v) is 15.6. The lowest BCUT2D eigenvalue weighted by Gasteiger charge is -2.29. The molecule has 0 aliphatic carbocycles. The fourth-order valence-electron chi connectivity index (χ4n) is 3.15. The van der Waals surface area contributed by atoms with Crippen LogP contribution >= 0.6 is 0 Å². The number of anilines is 1. The Hall–Kier alpha value is -3.43. The molecule has 2 amide bonds. The highest BCUT2D eigenvalue weighted by atomic mass is 16.5. The number of nitrogens with one attached hydrogen (secondary N) is 2. The first-order valence-electron chi connectivity index (χ1n) is 8.01. The Morgan fingerprint density at radius 3 is 2.04 bits per heavy atom. The average molecular weight is 376 g/mol. The van der Waals surface area contributed by atoms with E-state index in [1.54, 1.807) is 12.1 Å². The number of hydrogen-bond donors (Lipinski definition) is 2. The van der Waals surface area contributed by atoms with E-state index in [-0.39, 0.29) is 11.4 Å². The molecule has 1 atom stereocenters. The lowest BCUT2D eigenvalue weighted by Crippen LogP contribution is -2.49. The van der Waals surface area contributed by atoms with Gasteiger partial charge in [0.15, 0.2) is 11.5 Å².